The van der Waals surface area contributed by atoms with Crippen molar-refractivity contribution < 1.29 is 22.5 Å². The Morgan fingerprint density at radius 2 is 1.86 bits per heavy atom. The first-order valence-electron chi connectivity index (χ1n) is 9.23. The number of hydrogen-bond donors (Lipinski definition) is 2. The Kier molecular flexibility index (Phi) is 6.59. The fraction of sp³-hybridized carbons (Fsp3) is 0.300. The van der Waals surface area contributed by atoms with Crippen molar-refractivity contribution in [2.75, 3.05) is 38.0 Å². The SMILES string of the molecule is N#CCc1ccc(NC(=O)C[NH+]2CCN(S(=O)(=O)c3cccc(F)c3)CC2)cc1. The summed E-state index contributed by atoms with van der Waals surface area (Å²) in [4.78, 5) is 13.2. The van der Waals surface area contributed by atoms with E-state index in [1.807, 2.05) is 0 Å². The van der Waals surface area contributed by atoms with Crippen LogP contribution >= 0.6 is 0 Å². The first-order valence-corrected chi connectivity index (χ1v) is 10.7. The summed E-state index contributed by atoms with van der Waals surface area (Å²) in [6, 6.07) is 14.1. The van der Waals surface area contributed by atoms with E-state index in [9.17, 15) is 17.6 Å². The predicted molar refractivity (Wildman–Crippen MR) is 105 cm³/mol. The summed E-state index contributed by atoms with van der Waals surface area (Å²) in [5.74, 6) is -0.748. The number of halogens is 1. The van der Waals surface area contributed by atoms with E-state index in [0.29, 0.717) is 25.2 Å². The van der Waals surface area contributed by atoms with Gasteiger partial charge in [0.2, 0.25) is 10.0 Å². The number of rotatable bonds is 6. The predicted octanol–water partition coefficient (Wildman–Crippen LogP) is 0.420. The van der Waals surface area contributed by atoms with Crippen molar-refractivity contribution in [2.45, 2.75) is 11.3 Å². The van der Waals surface area contributed by atoms with E-state index in [2.05, 4.69) is 11.4 Å². The number of sulfonamides is 1. The van der Waals surface area contributed by atoms with Crippen molar-refractivity contribution in [1.82, 2.24) is 4.31 Å². The number of amides is 1. The van der Waals surface area contributed by atoms with E-state index in [4.69, 9.17) is 5.26 Å². The molecule has 0 unspecified atom stereocenters. The van der Waals surface area contributed by atoms with Gasteiger partial charge < -0.3 is 10.2 Å². The lowest BCUT2D eigenvalue weighted by molar-refractivity contribution is -0.895. The van der Waals surface area contributed by atoms with Gasteiger partial charge in [-0.1, -0.05) is 18.2 Å². The summed E-state index contributed by atoms with van der Waals surface area (Å²) in [5.41, 5.74) is 1.54. The number of carbonyl (C=O) groups excluding carboxylic acids is 1. The zero-order valence-electron chi connectivity index (χ0n) is 15.8. The van der Waals surface area contributed by atoms with E-state index in [0.717, 1.165) is 16.5 Å². The zero-order chi connectivity index (χ0) is 20.9. The molecule has 1 aliphatic heterocycles. The molecule has 3 rings (SSSR count). The Bertz CT molecular complexity index is 1010. The maximum Gasteiger partial charge on any atom is 0.279 e. The number of hydrogen-bond acceptors (Lipinski definition) is 4. The van der Waals surface area contributed by atoms with Crippen molar-refractivity contribution in [2.24, 2.45) is 0 Å². The molecule has 2 N–H and O–H groups in total. The molecule has 7 nitrogen and oxygen atoms in total. The van der Waals surface area contributed by atoms with Crippen LogP contribution in [0, 0.1) is 17.1 Å². The van der Waals surface area contributed by atoms with Gasteiger partial charge >= 0.3 is 0 Å². The van der Waals surface area contributed by atoms with Crippen LogP contribution in [0.4, 0.5) is 10.1 Å². The van der Waals surface area contributed by atoms with Crippen molar-refractivity contribution >= 4 is 21.6 Å². The summed E-state index contributed by atoms with van der Waals surface area (Å²) in [5, 5.41) is 11.5. The summed E-state index contributed by atoms with van der Waals surface area (Å²) in [6.45, 7) is 1.74. The summed E-state index contributed by atoms with van der Waals surface area (Å²) in [7, 11) is -3.74. The molecular weight excluding hydrogens is 395 g/mol. The van der Waals surface area contributed by atoms with Crippen LogP contribution in [-0.2, 0) is 21.2 Å². The first-order chi connectivity index (χ1) is 13.9. The quantitative estimate of drug-likeness (QED) is 0.712. The molecule has 0 saturated carbocycles. The molecule has 2 aromatic rings. The van der Waals surface area contributed by atoms with Crippen LogP contribution in [0.25, 0.3) is 0 Å². The molecule has 152 valence electrons. The highest BCUT2D eigenvalue weighted by Crippen LogP contribution is 2.16. The van der Waals surface area contributed by atoms with Gasteiger partial charge in [-0.05, 0) is 35.9 Å². The molecule has 9 heteroatoms. The van der Waals surface area contributed by atoms with Crippen molar-refractivity contribution in [1.29, 1.82) is 5.26 Å². The van der Waals surface area contributed by atoms with Gasteiger partial charge in [0.1, 0.15) is 5.82 Å². The largest absolute Gasteiger partial charge is 0.325 e. The minimum atomic E-state index is -3.74. The lowest BCUT2D eigenvalue weighted by atomic mass is 10.1. The molecular formula is C20H22FN4O3S+. The molecule has 1 aliphatic rings. The maximum atomic E-state index is 13.4. The second kappa shape index (κ2) is 9.13. The van der Waals surface area contributed by atoms with Gasteiger partial charge in [0.25, 0.3) is 5.91 Å². The molecule has 1 amide bonds. The molecule has 1 fully saturated rings. The van der Waals surface area contributed by atoms with Crippen LogP contribution in [0.5, 0.6) is 0 Å². The monoisotopic (exact) mass is 417 g/mol. The molecule has 0 bridgehead atoms. The fourth-order valence-electron chi connectivity index (χ4n) is 3.23. The fourth-order valence-corrected chi connectivity index (χ4v) is 4.70. The van der Waals surface area contributed by atoms with Crippen molar-refractivity contribution in [3.8, 4) is 6.07 Å². The Morgan fingerprint density at radius 1 is 1.17 bits per heavy atom. The molecule has 0 radical (unpaired) electrons. The van der Waals surface area contributed by atoms with Gasteiger partial charge in [0.15, 0.2) is 6.54 Å². The van der Waals surface area contributed by atoms with Crippen LogP contribution in [0.15, 0.2) is 53.4 Å². The van der Waals surface area contributed by atoms with E-state index < -0.39 is 15.8 Å². The summed E-state index contributed by atoms with van der Waals surface area (Å²) >= 11 is 0. The smallest absolute Gasteiger partial charge is 0.279 e. The number of nitrogens with zero attached hydrogens (tertiary/aromatic N) is 2. The van der Waals surface area contributed by atoms with Crippen molar-refractivity contribution in [3.63, 3.8) is 0 Å². The highest BCUT2D eigenvalue weighted by molar-refractivity contribution is 7.89. The highest BCUT2D eigenvalue weighted by atomic mass is 32.2. The minimum absolute atomic E-state index is 0.0569. The average molecular weight is 417 g/mol. The third kappa shape index (κ3) is 5.38. The second-order valence-electron chi connectivity index (χ2n) is 6.87. The van der Waals surface area contributed by atoms with Gasteiger partial charge in [0.05, 0.1) is 43.6 Å². The van der Waals surface area contributed by atoms with E-state index in [-0.39, 0.29) is 30.4 Å². The molecule has 2 aromatic carbocycles. The zero-order valence-corrected chi connectivity index (χ0v) is 16.6. The van der Waals surface area contributed by atoms with Gasteiger partial charge in [-0.3, -0.25) is 4.79 Å². The normalized spacial score (nSPS) is 15.6. The average Bonchev–Trinajstić information content (AvgIpc) is 2.70. The number of carbonyl (C=O) groups is 1. The lowest BCUT2D eigenvalue weighted by Crippen LogP contribution is -3.15. The third-order valence-corrected chi connectivity index (χ3v) is 6.69. The van der Waals surface area contributed by atoms with E-state index >= 15 is 0 Å². The second-order valence-corrected chi connectivity index (χ2v) is 8.81. The molecule has 0 atom stereocenters. The standard InChI is InChI=1S/C20H21FN4O3S/c21-17-2-1-3-19(14-17)29(27,28)25-12-10-24(11-13-25)15-20(26)23-18-6-4-16(5-7-18)8-9-22/h1-7,14H,8,10-13,15H2,(H,23,26)/p+1. The number of benzene rings is 2. The van der Waals surface area contributed by atoms with Crippen LogP contribution in [0.2, 0.25) is 0 Å². The number of nitriles is 1. The van der Waals surface area contributed by atoms with Crippen LogP contribution in [0.3, 0.4) is 0 Å². The summed E-state index contributed by atoms with van der Waals surface area (Å²) < 4.78 is 40.0. The molecule has 1 heterocycles. The van der Waals surface area contributed by atoms with Gasteiger partial charge in [0, 0.05) is 5.69 Å². The van der Waals surface area contributed by atoms with Crippen LogP contribution < -0.4 is 10.2 Å². The number of quaternary nitrogens is 1. The minimum Gasteiger partial charge on any atom is -0.325 e. The molecule has 0 aliphatic carbocycles. The Morgan fingerprint density at radius 3 is 2.48 bits per heavy atom. The van der Waals surface area contributed by atoms with E-state index in [1.165, 1.54) is 22.5 Å². The van der Waals surface area contributed by atoms with Crippen LogP contribution in [-0.4, -0.2) is 51.4 Å². The molecule has 1 saturated heterocycles. The first kappa shape index (κ1) is 20.9. The molecule has 29 heavy (non-hydrogen) atoms. The van der Waals surface area contributed by atoms with Gasteiger partial charge in [-0.15, -0.1) is 0 Å². The van der Waals surface area contributed by atoms with Crippen LogP contribution in [0.1, 0.15) is 5.56 Å². The lowest BCUT2D eigenvalue weighted by Gasteiger charge is -2.31. The number of piperazine rings is 1. The third-order valence-electron chi connectivity index (χ3n) is 4.79. The number of nitrogens with one attached hydrogen (secondary N) is 2. The Balaban J connectivity index is 1.51. The van der Waals surface area contributed by atoms with E-state index in [1.54, 1.807) is 24.3 Å². The highest BCUT2D eigenvalue weighted by Gasteiger charge is 2.31. The summed E-state index contributed by atoms with van der Waals surface area (Å²) in [6.07, 6.45) is 0.321. The maximum absolute atomic E-state index is 13.4. The molecule has 0 spiro atoms. The van der Waals surface area contributed by atoms with Gasteiger partial charge in [-0.25, -0.2) is 12.8 Å². The Labute approximate surface area is 169 Å². The number of anilines is 1. The van der Waals surface area contributed by atoms with Crippen molar-refractivity contribution in [3.05, 3.63) is 59.9 Å². The topological polar surface area (TPSA) is 94.7 Å². The van der Waals surface area contributed by atoms with Gasteiger partial charge in [-0.2, -0.15) is 9.57 Å². The molecule has 0 aromatic heterocycles. The Hall–Kier alpha value is -2.80.